The molecule has 0 bridgehead atoms. The van der Waals surface area contributed by atoms with Crippen LogP contribution in [0.25, 0.3) is 0 Å². The molecule has 0 atom stereocenters. The number of ether oxygens (including phenoxy) is 1. The third-order valence-electron chi connectivity index (χ3n) is 2.74. The van der Waals surface area contributed by atoms with Crippen molar-refractivity contribution in [1.29, 1.82) is 0 Å². The van der Waals surface area contributed by atoms with E-state index in [0.717, 1.165) is 0 Å². The van der Waals surface area contributed by atoms with E-state index in [-0.39, 0.29) is 17.9 Å². The van der Waals surface area contributed by atoms with Crippen molar-refractivity contribution in [2.24, 2.45) is 7.05 Å². The molecule has 2 aromatic rings. The third-order valence-corrected chi connectivity index (χ3v) is 3.57. The zero-order valence-corrected chi connectivity index (χ0v) is 11.8. The van der Waals surface area contributed by atoms with Gasteiger partial charge in [0.05, 0.1) is 5.69 Å². The van der Waals surface area contributed by atoms with Crippen molar-refractivity contribution in [3.63, 3.8) is 0 Å². The van der Waals surface area contributed by atoms with Crippen molar-refractivity contribution in [2.75, 3.05) is 0 Å². The molecule has 108 valence electrons. The van der Waals surface area contributed by atoms with Gasteiger partial charge in [-0.3, -0.25) is 14.6 Å². The molecule has 0 unspecified atom stereocenters. The molecule has 0 saturated heterocycles. The minimum absolute atomic E-state index is 0.0732. The summed E-state index contributed by atoms with van der Waals surface area (Å²) in [5.41, 5.74) is 0.957. The second-order valence-corrected chi connectivity index (χ2v) is 5.24. The summed E-state index contributed by atoms with van der Waals surface area (Å²) in [4.78, 5) is 12.2. The van der Waals surface area contributed by atoms with E-state index in [1.54, 1.807) is 38.2 Å². The van der Waals surface area contributed by atoms with Crippen LogP contribution in [0.1, 0.15) is 11.3 Å². The van der Waals surface area contributed by atoms with Crippen LogP contribution in [0.15, 0.2) is 34.0 Å². The predicted octanol–water partition coefficient (Wildman–Crippen LogP) is 2.92. The van der Waals surface area contributed by atoms with Crippen LogP contribution in [0.3, 0.4) is 0 Å². The molecule has 1 aromatic carbocycles. The van der Waals surface area contributed by atoms with Crippen molar-refractivity contribution < 1.29 is 13.5 Å². The van der Waals surface area contributed by atoms with Crippen LogP contribution in [-0.4, -0.2) is 15.5 Å². The summed E-state index contributed by atoms with van der Waals surface area (Å²) >= 11 is 0.469. The summed E-state index contributed by atoms with van der Waals surface area (Å²) in [6.07, 6.45) is 0. The molecular formula is C13H14F2N2O2S. The van der Waals surface area contributed by atoms with Crippen LogP contribution in [0.4, 0.5) is 8.78 Å². The van der Waals surface area contributed by atoms with Crippen LogP contribution in [-0.2, 0) is 13.7 Å². The first kappa shape index (κ1) is 14.6. The maximum Gasteiger partial charge on any atom is 0.308 e. The van der Waals surface area contributed by atoms with Gasteiger partial charge in [0.15, 0.2) is 0 Å². The van der Waals surface area contributed by atoms with Crippen molar-refractivity contribution in [2.45, 2.75) is 24.2 Å². The first-order chi connectivity index (χ1) is 9.49. The summed E-state index contributed by atoms with van der Waals surface area (Å²) in [5, 5.41) is 2.81. The van der Waals surface area contributed by atoms with Crippen LogP contribution in [0, 0.1) is 6.92 Å². The Morgan fingerprint density at radius 3 is 2.70 bits per heavy atom. The van der Waals surface area contributed by atoms with Gasteiger partial charge in [-0.15, -0.1) is 0 Å². The summed E-state index contributed by atoms with van der Waals surface area (Å²) in [6, 6.07) is 6.75. The van der Waals surface area contributed by atoms with Crippen LogP contribution >= 0.6 is 11.8 Å². The Kier molecular flexibility index (Phi) is 4.49. The molecule has 7 heteroatoms. The smallest absolute Gasteiger partial charge is 0.308 e. The molecule has 1 heterocycles. The number of rotatable bonds is 5. The first-order valence-corrected chi connectivity index (χ1v) is 6.78. The molecule has 0 aliphatic heterocycles. The number of halogens is 2. The summed E-state index contributed by atoms with van der Waals surface area (Å²) in [6.45, 7) is 1.79. The standard InChI is InChI=1S/C13H14F2N2O2S/c1-8-11(12(18)17(2)16-8)19-7-9-5-3-4-6-10(9)20-13(14)15/h3-6,13,16H,7H2,1-2H3. The quantitative estimate of drug-likeness (QED) is 0.864. The Bertz CT molecular complexity index is 652. The SMILES string of the molecule is Cc1[nH]n(C)c(=O)c1OCc1ccccc1SC(F)F. The minimum atomic E-state index is -2.49. The fourth-order valence-corrected chi connectivity index (χ4v) is 2.45. The van der Waals surface area contributed by atoms with E-state index in [9.17, 15) is 13.6 Å². The van der Waals surface area contributed by atoms with Gasteiger partial charge in [0.2, 0.25) is 5.75 Å². The highest BCUT2D eigenvalue weighted by Crippen LogP contribution is 2.29. The molecular weight excluding hydrogens is 286 g/mol. The van der Waals surface area contributed by atoms with Gasteiger partial charge in [-0.05, 0) is 13.0 Å². The number of alkyl halides is 2. The highest BCUT2D eigenvalue weighted by atomic mass is 32.2. The highest BCUT2D eigenvalue weighted by Gasteiger charge is 2.13. The molecule has 0 spiro atoms. The summed E-state index contributed by atoms with van der Waals surface area (Å²) < 4.78 is 31.7. The Balaban J connectivity index is 2.17. The van der Waals surface area contributed by atoms with E-state index in [1.807, 2.05) is 0 Å². The Morgan fingerprint density at radius 1 is 1.40 bits per heavy atom. The molecule has 0 amide bonds. The number of aromatic nitrogens is 2. The van der Waals surface area contributed by atoms with Crippen molar-refractivity contribution in [1.82, 2.24) is 9.78 Å². The van der Waals surface area contributed by atoms with Crippen molar-refractivity contribution in [3.8, 4) is 5.75 Å². The normalized spacial score (nSPS) is 11.1. The maximum atomic E-state index is 12.5. The first-order valence-electron chi connectivity index (χ1n) is 5.90. The molecule has 0 radical (unpaired) electrons. The zero-order valence-electron chi connectivity index (χ0n) is 11.0. The lowest BCUT2D eigenvalue weighted by atomic mass is 10.2. The Labute approximate surface area is 118 Å². The summed E-state index contributed by atoms with van der Waals surface area (Å²) in [7, 11) is 1.59. The molecule has 20 heavy (non-hydrogen) atoms. The molecule has 1 aromatic heterocycles. The molecule has 1 N–H and O–H groups in total. The van der Waals surface area contributed by atoms with Gasteiger partial charge in [-0.2, -0.15) is 8.78 Å². The molecule has 0 fully saturated rings. The summed E-state index contributed by atoms with van der Waals surface area (Å²) in [5.74, 6) is -2.28. The van der Waals surface area contributed by atoms with E-state index in [4.69, 9.17) is 4.74 Å². The van der Waals surface area contributed by atoms with Gasteiger partial charge < -0.3 is 4.74 Å². The lowest BCUT2D eigenvalue weighted by Gasteiger charge is -2.09. The molecule has 4 nitrogen and oxygen atoms in total. The highest BCUT2D eigenvalue weighted by molar-refractivity contribution is 7.99. The molecule has 0 aliphatic rings. The number of H-pyrrole nitrogens is 1. The lowest BCUT2D eigenvalue weighted by molar-refractivity contribution is 0.251. The molecule has 2 rings (SSSR count). The van der Waals surface area contributed by atoms with E-state index in [2.05, 4.69) is 5.10 Å². The van der Waals surface area contributed by atoms with Crippen LogP contribution < -0.4 is 10.3 Å². The van der Waals surface area contributed by atoms with Crippen molar-refractivity contribution >= 4 is 11.8 Å². The Morgan fingerprint density at radius 2 is 2.10 bits per heavy atom. The van der Waals surface area contributed by atoms with Crippen LogP contribution in [0.2, 0.25) is 0 Å². The number of hydrogen-bond donors (Lipinski definition) is 1. The van der Waals surface area contributed by atoms with Gasteiger partial charge in [0.25, 0.3) is 5.76 Å². The van der Waals surface area contributed by atoms with Crippen LogP contribution in [0.5, 0.6) is 5.75 Å². The topological polar surface area (TPSA) is 47.0 Å². The van der Waals surface area contributed by atoms with Gasteiger partial charge in [0, 0.05) is 17.5 Å². The van der Waals surface area contributed by atoms with E-state index in [0.29, 0.717) is 27.9 Å². The monoisotopic (exact) mass is 300 g/mol. The predicted molar refractivity (Wildman–Crippen MR) is 73.4 cm³/mol. The largest absolute Gasteiger partial charge is 0.482 e. The Hall–Kier alpha value is -1.76. The molecule has 0 saturated carbocycles. The zero-order chi connectivity index (χ0) is 14.7. The number of benzene rings is 1. The second kappa shape index (κ2) is 6.13. The minimum Gasteiger partial charge on any atom is -0.482 e. The molecule has 0 aliphatic carbocycles. The number of aromatic amines is 1. The second-order valence-electron chi connectivity index (χ2n) is 4.20. The lowest BCUT2D eigenvalue weighted by Crippen LogP contribution is -2.14. The fourth-order valence-electron chi connectivity index (χ4n) is 1.82. The fraction of sp³-hybridized carbons (Fsp3) is 0.308. The van der Waals surface area contributed by atoms with E-state index < -0.39 is 5.76 Å². The van der Waals surface area contributed by atoms with Gasteiger partial charge in [0.1, 0.15) is 6.61 Å². The van der Waals surface area contributed by atoms with Crippen molar-refractivity contribution in [3.05, 3.63) is 45.9 Å². The number of hydrogen-bond acceptors (Lipinski definition) is 3. The van der Waals surface area contributed by atoms with E-state index in [1.165, 1.54) is 4.68 Å². The third kappa shape index (κ3) is 3.22. The van der Waals surface area contributed by atoms with Gasteiger partial charge in [-0.25, -0.2) is 0 Å². The average molecular weight is 300 g/mol. The number of aryl methyl sites for hydroxylation is 2. The number of nitrogens with zero attached hydrogens (tertiary/aromatic N) is 1. The van der Waals surface area contributed by atoms with Gasteiger partial charge >= 0.3 is 5.56 Å². The number of nitrogens with one attached hydrogen (secondary N) is 1. The van der Waals surface area contributed by atoms with Gasteiger partial charge in [-0.1, -0.05) is 30.0 Å². The van der Waals surface area contributed by atoms with E-state index >= 15 is 0 Å². The number of thioether (sulfide) groups is 1. The average Bonchev–Trinajstić information content (AvgIpc) is 2.62. The maximum absolute atomic E-state index is 12.5.